The Morgan fingerprint density at radius 1 is 1.35 bits per heavy atom. The molecule has 0 aromatic rings. The number of allylic oxidation sites excluding steroid dienone is 2. The zero-order valence-corrected chi connectivity index (χ0v) is 9.09. The van der Waals surface area contributed by atoms with Gasteiger partial charge >= 0.3 is 5.97 Å². The van der Waals surface area contributed by atoms with E-state index in [1.54, 1.807) is 0 Å². The van der Waals surface area contributed by atoms with Gasteiger partial charge in [0.2, 0.25) is 6.41 Å². The van der Waals surface area contributed by atoms with E-state index in [-0.39, 0.29) is 18.7 Å². The lowest BCUT2D eigenvalue weighted by atomic mass is 10.1. The Bertz CT molecular complexity index is 359. The van der Waals surface area contributed by atoms with E-state index in [9.17, 15) is 14.4 Å². The summed E-state index contributed by atoms with van der Waals surface area (Å²) in [6.07, 6.45) is 3.17. The van der Waals surface area contributed by atoms with Crippen LogP contribution in [0.4, 0.5) is 0 Å². The van der Waals surface area contributed by atoms with Crippen molar-refractivity contribution in [2.45, 2.75) is 12.5 Å². The summed E-state index contributed by atoms with van der Waals surface area (Å²) in [4.78, 5) is 30.8. The second-order valence-electron chi connectivity index (χ2n) is 3.05. The molecule has 0 fully saturated rings. The summed E-state index contributed by atoms with van der Waals surface area (Å²) in [6, 6.07) is -1.04. The Morgan fingerprint density at radius 3 is 2.47 bits per heavy atom. The number of nitrogens with one attached hydrogen (secondary N) is 1. The lowest BCUT2D eigenvalue weighted by Crippen LogP contribution is -2.35. The van der Waals surface area contributed by atoms with Crippen molar-refractivity contribution in [3.63, 3.8) is 0 Å². The van der Waals surface area contributed by atoms with E-state index < -0.39 is 12.0 Å². The number of carboxylic acid groups (broad SMARTS) is 1. The summed E-state index contributed by atoms with van der Waals surface area (Å²) in [5.41, 5.74) is 0.447. The number of hydrogen-bond acceptors (Lipinski definition) is 4. The topological polar surface area (TPSA) is 92.7 Å². The van der Waals surface area contributed by atoms with Crippen molar-refractivity contribution >= 4 is 18.9 Å². The first-order valence-electron chi connectivity index (χ1n) is 4.58. The molecule has 1 unspecified atom stereocenters. The maximum Gasteiger partial charge on any atom is 0.326 e. The SMILES string of the molecule is C=C(/C=C\C(=C)OC=O)CC(NC=O)C(=O)O. The molecule has 1 amide bonds. The number of amides is 1. The Morgan fingerprint density at radius 2 is 2.00 bits per heavy atom. The number of aliphatic carboxylic acids is 1. The number of carbonyl (C=O) groups excluding carboxylic acids is 2. The molecule has 0 aliphatic carbocycles. The van der Waals surface area contributed by atoms with Gasteiger partial charge in [-0.2, -0.15) is 0 Å². The van der Waals surface area contributed by atoms with Crippen LogP contribution in [0.1, 0.15) is 6.42 Å². The molecular weight excluding hydrogens is 226 g/mol. The van der Waals surface area contributed by atoms with Crippen LogP contribution in [0.2, 0.25) is 0 Å². The zero-order valence-electron chi connectivity index (χ0n) is 9.09. The van der Waals surface area contributed by atoms with Gasteiger partial charge in [0.25, 0.3) is 6.47 Å². The minimum atomic E-state index is -1.16. The molecule has 2 N–H and O–H groups in total. The minimum Gasteiger partial charge on any atom is -0.480 e. The number of ether oxygens (including phenoxy) is 1. The molecule has 0 spiro atoms. The van der Waals surface area contributed by atoms with Crippen molar-refractivity contribution in [3.8, 4) is 0 Å². The normalized spacial score (nSPS) is 11.5. The van der Waals surface area contributed by atoms with Crippen LogP contribution >= 0.6 is 0 Å². The molecule has 0 saturated carbocycles. The highest BCUT2D eigenvalue weighted by molar-refractivity contribution is 5.76. The predicted octanol–water partition coefficient (Wildman–Crippen LogP) is 0.375. The van der Waals surface area contributed by atoms with E-state index in [0.717, 1.165) is 0 Å². The number of rotatable bonds is 9. The molecule has 0 aromatic heterocycles. The van der Waals surface area contributed by atoms with Gasteiger partial charge in [-0.3, -0.25) is 9.59 Å². The minimum absolute atomic E-state index is 0.0406. The quantitative estimate of drug-likeness (QED) is 0.344. The summed E-state index contributed by atoms with van der Waals surface area (Å²) < 4.78 is 4.40. The molecule has 0 bridgehead atoms. The Labute approximate surface area is 98.3 Å². The summed E-state index contributed by atoms with van der Waals surface area (Å²) in [5.74, 6) is -1.05. The lowest BCUT2D eigenvalue weighted by Gasteiger charge is -2.10. The molecule has 0 saturated heterocycles. The van der Waals surface area contributed by atoms with Gasteiger partial charge in [-0.05, 0) is 6.08 Å². The first kappa shape index (κ1) is 14.6. The van der Waals surface area contributed by atoms with Crippen molar-refractivity contribution in [3.05, 3.63) is 36.6 Å². The van der Waals surface area contributed by atoms with Gasteiger partial charge in [-0.1, -0.05) is 24.8 Å². The molecule has 92 valence electrons. The third kappa shape index (κ3) is 6.67. The Kier molecular flexibility index (Phi) is 6.77. The largest absolute Gasteiger partial charge is 0.480 e. The highest BCUT2D eigenvalue weighted by Crippen LogP contribution is 2.07. The summed E-state index contributed by atoms with van der Waals surface area (Å²) in [7, 11) is 0. The van der Waals surface area contributed by atoms with Crippen LogP contribution in [-0.4, -0.2) is 30.0 Å². The maximum atomic E-state index is 10.7. The second-order valence-corrected chi connectivity index (χ2v) is 3.05. The second kappa shape index (κ2) is 7.86. The smallest absolute Gasteiger partial charge is 0.326 e. The van der Waals surface area contributed by atoms with Crippen LogP contribution in [0.3, 0.4) is 0 Å². The lowest BCUT2D eigenvalue weighted by molar-refractivity contribution is -0.140. The van der Waals surface area contributed by atoms with Gasteiger partial charge in [0.15, 0.2) is 0 Å². The van der Waals surface area contributed by atoms with E-state index in [4.69, 9.17) is 5.11 Å². The third-order valence-electron chi connectivity index (χ3n) is 1.74. The molecule has 0 radical (unpaired) electrons. The molecule has 0 aromatic carbocycles. The van der Waals surface area contributed by atoms with Crippen LogP contribution < -0.4 is 5.32 Å². The summed E-state index contributed by atoms with van der Waals surface area (Å²) in [6.45, 7) is 7.22. The zero-order chi connectivity index (χ0) is 13.3. The van der Waals surface area contributed by atoms with Crippen LogP contribution in [-0.2, 0) is 19.1 Å². The molecule has 0 rings (SSSR count). The van der Waals surface area contributed by atoms with Crippen molar-refractivity contribution in [1.29, 1.82) is 0 Å². The summed E-state index contributed by atoms with van der Waals surface area (Å²) >= 11 is 0. The monoisotopic (exact) mass is 239 g/mol. The van der Waals surface area contributed by atoms with Crippen LogP contribution in [0.25, 0.3) is 0 Å². The predicted molar refractivity (Wildman–Crippen MR) is 59.8 cm³/mol. The fourth-order valence-corrected chi connectivity index (χ4v) is 0.942. The van der Waals surface area contributed by atoms with E-state index in [0.29, 0.717) is 12.0 Å². The molecule has 0 aliphatic heterocycles. The number of carbonyl (C=O) groups is 3. The van der Waals surface area contributed by atoms with Crippen molar-refractivity contribution < 1.29 is 24.2 Å². The standard InChI is InChI=1S/C11H13NO5/c1-8(3-4-9(2)17-7-14)5-10(11(15)16)12-6-13/h3-4,6-7,10H,1-2,5H2,(H,12,13)(H,15,16)/b4-3-. The van der Waals surface area contributed by atoms with Crippen molar-refractivity contribution in [2.75, 3.05) is 0 Å². The first-order chi connectivity index (χ1) is 8.01. The van der Waals surface area contributed by atoms with Crippen molar-refractivity contribution in [2.24, 2.45) is 0 Å². The summed E-state index contributed by atoms with van der Waals surface area (Å²) in [5, 5.41) is 10.9. The highest BCUT2D eigenvalue weighted by atomic mass is 16.5. The highest BCUT2D eigenvalue weighted by Gasteiger charge is 2.16. The van der Waals surface area contributed by atoms with Gasteiger partial charge in [-0.25, -0.2) is 4.79 Å². The fraction of sp³-hybridized carbons (Fsp3) is 0.182. The number of carboxylic acids is 1. The van der Waals surface area contributed by atoms with Gasteiger partial charge in [0, 0.05) is 6.42 Å². The molecule has 6 nitrogen and oxygen atoms in total. The van der Waals surface area contributed by atoms with Gasteiger partial charge in [0.05, 0.1) is 0 Å². The van der Waals surface area contributed by atoms with Gasteiger partial charge in [-0.15, -0.1) is 0 Å². The number of hydrogen-bond donors (Lipinski definition) is 2. The van der Waals surface area contributed by atoms with Crippen LogP contribution in [0, 0.1) is 0 Å². The van der Waals surface area contributed by atoms with E-state index in [1.807, 2.05) is 0 Å². The van der Waals surface area contributed by atoms with Gasteiger partial charge in [0.1, 0.15) is 11.8 Å². The Balaban J connectivity index is 4.32. The third-order valence-corrected chi connectivity index (χ3v) is 1.74. The molecule has 1 atom stereocenters. The van der Waals surface area contributed by atoms with E-state index in [1.165, 1.54) is 12.2 Å². The molecule has 17 heavy (non-hydrogen) atoms. The van der Waals surface area contributed by atoms with E-state index in [2.05, 4.69) is 23.2 Å². The van der Waals surface area contributed by atoms with Gasteiger partial charge < -0.3 is 15.2 Å². The molecule has 6 heteroatoms. The Hall–Kier alpha value is -2.37. The fourth-order valence-electron chi connectivity index (χ4n) is 0.942. The molecule has 0 aliphatic rings. The molecular formula is C11H13NO5. The van der Waals surface area contributed by atoms with Crippen molar-refractivity contribution in [1.82, 2.24) is 5.32 Å². The molecule has 0 heterocycles. The maximum absolute atomic E-state index is 10.7. The average Bonchev–Trinajstić information content (AvgIpc) is 2.26. The van der Waals surface area contributed by atoms with E-state index >= 15 is 0 Å². The first-order valence-corrected chi connectivity index (χ1v) is 4.58. The average molecular weight is 239 g/mol. The van der Waals surface area contributed by atoms with Crippen LogP contribution in [0.5, 0.6) is 0 Å². The van der Waals surface area contributed by atoms with Crippen LogP contribution in [0.15, 0.2) is 36.6 Å².